The quantitative estimate of drug-likeness (QED) is 0.378. The number of hydrogen-bond donors (Lipinski definition) is 3. The van der Waals surface area contributed by atoms with Crippen molar-refractivity contribution in [2.45, 2.75) is 49.9 Å². The molecule has 0 aromatic carbocycles. The molecule has 0 saturated carbocycles. The zero-order valence-electron chi connectivity index (χ0n) is 11.9. The van der Waals surface area contributed by atoms with Gasteiger partial charge in [0.05, 0.1) is 12.1 Å². The zero-order valence-corrected chi connectivity index (χ0v) is 12.7. The average Bonchev–Trinajstić information content (AvgIpc) is 2.93. The van der Waals surface area contributed by atoms with E-state index >= 15 is 0 Å². The van der Waals surface area contributed by atoms with E-state index in [0.717, 1.165) is 31.4 Å². The molecule has 0 spiro atoms. The van der Waals surface area contributed by atoms with Gasteiger partial charge in [-0.2, -0.15) is 11.8 Å². The number of amides is 3. The van der Waals surface area contributed by atoms with Crippen LogP contribution in [-0.2, 0) is 4.79 Å². The average molecular weight is 297 g/mol. The van der Waals surface area contributed by atoms with Crippen molar-refractivity contribution in [1.29, 1.82) is 0 Å². The molecule has 5 nitrogen and oxygen atoms in total. The Morgan fingerprint density at radius 2 is 2.20 bits per heavy atom. The molecule has 3 atom stereocenters. The maximum atomic E-state index is 11.3. The Balaban J connectivity index is 1.55. The van der Waals surface area contributed by atoms with Gasteiger partial charge < -0.3 is 16.0 Å². The van der Waals surface area contributed by atoms with Crippen molar-refractivity contribution < 1.29 is 9.59 Å². The van der Waals surface area contributed by atoms with Crippen molar-refractivity contribution in [3.05, 3.63) is 12.2 Å². The standard InChI is InChI=1S/C14H23N3O2S/c1-9(2)13(18)15-7-5-3-4-6-11-12-10(8-20-11)16-14(19)17-12/h10-12H,1,3-8H2,2H3,(H,15,18)(H2,16,17,19)/t10-,11-,12-/m0/s1. The topological polar surface area (TPSA) is 70.2 Å². The van der Waals surface area contributed by atoms with Crippen molar-refractivity contribution in [1.82, 2.24) is 16.0 Å². The first-order chi connectivity index (χ1) is 9.58. The van der Waals surface area contributed by atoms with Crippen LogP contribution in [0.25, 0.3) is 0 Å². The summed E-state index contributed by atoms with van der Waals surface area (Å²) in [6, 6.07) is 0.593. The van der Waals surface area contributed by atoms with Gasteiger partial charge in [-0.25, -0.2) is 4.79 Å². The highest BCUT2D eigenvalue weighted by atomic mass is 32.2. The molecule has 20 heavy (non-hydrogen) atoms. The fourth-order valence-electron chi connectivity index (χ4n) is 2.64. The van der Waals surface area contributed by atoms with Crippen LogP contribution in [0.4, 0.5) is 4.79 Å². The van der Waals surface area contributed by atoms with Crippen LogP contribution in [0.2, 0.25) is 0 Å². The molecular formula is C14H23N3O2S. The summed E-state index contributed by atoms with van der Waals surface area (Å²) in [5.74, 6) is 0.960. The molecule has 2 saturated heterocycles. The van der Waals surface area contributed by atoms with Gasteiger partial charge in [0.2, 0.25) is 5.91 Å². The molecule has 6 heteroatoms. The second-order valence-electron chi connectivity index (χ2n) is 5.51. The Morgan fingerprint density at radius 3 is 2.95 bits per heavy atom. The summed E-state index contributed by atoms with van der Waals surface area (Å²) in [4.78, 5) is 22.5. The second-order valence-corrected chi connectivity index (χ2v) is 6.78. The lowest BCUT2D eigenvalue weighted by molar-refractivity contribution is -0.117. The third-order valence-corrected chi connectivity index (χ3v) is 5.29. The highest BCUT2D eigenvalue weighted by Crippen LogP contribution is 2.33. The molecule has 3 N–H and O–H groups in total. The van der Waals surface area contributed by atoms with Crippen LogP contribution in [0.1, 0.15) is 32.6 Å². The molecule has 0 aromatic heterocycles. The maximum Gasteiger partial charge on any atom is 0.315 e. The first-order valence-electron chi connectivity index (χ1n) is 7.20. The minimum atomic E-state index is -0.0565. The van der Waals surface area contributed by atoms with E-state index in [-0.39, 0.29) is 11.9 Å². The van der Waals surface area contributed by atoms with Crippen LogP contribution in [-0.4, -0.2) is 41.6 Å². The zero-order chi connectivity index (χ0) is 14.5. The first kappa shape index (κ1) is 15.2. The molecule has 2 aliphatic heterocycles. The molecule has 0 aliphatic carbocycles. The number of nitrogens with one attached hydrogen (secondary N) is 3. The summed E-state index contributed by atoms with van der Waals surface area (Å²) >= 11 is 1.95. The molecule has 2 fully saturated rings. The summed E-state index contributed by atoms with van der Waals surface area (Å²) in [6.07, 6.45) is 4.36. The van der Waals surface area contributed by atoms with Crippen molar-refractivity contribution in [3.63, 3.8) is 0 Å². The third kappa shape index (κ3) is 3.91. The Morgan fingerprint density at radius 1 is 1.40 bits per heavy atom. The summed E-state index contributed by atoms with van der Waals surface area (Å²) in [5.41, 5.74) is 0.558. The number of rotatable bonds is 7. The largest absolute Gasteiger partial charge is 0.352 e. The lowest BCUT2D eigenvalue weighted by atomic mass is 10.0. The van der Waals surface area contributed by atoms with Crippen molar-refractivity contribution in [2.24, 2.45) is 0 Å². The van der Waals surface area contributed by atoms with E-state index in [1.54, 1.807) is 6.92 Å². The van der Waals surface area contributed by atoms with Gasteiger partial charge in [-0.1, -0.05) is 19.4 Å². The van der Waals surface area contributed by atoms with Crippen molar-refractivity contribution in [3.8, 4) is 0 Å². The minimum absolute atomic E-state index is 0.0205. The molecule has 112 valence electrons. The monoisotopic (exact) mass is 297 g/mol. The lowest BCUT2D eigenvalue weighted by Crippen LogP contribution is -2.36. The van der Waals surface area contributed by atoms with E-state index in [0.29, 0.717) is 29.5 Å². The Kier molecular flexibility index (Phi) is 5.34. The fourth-order valence-corrected chi connectivity index (χ4v) is 4.19. The van der Waals surface area contributed by atoms with E-state index < -0.39 is 0 Å². The third-order valence-electron chi connectivity index (χ3n) is 3.78. The number of unbranched alkanes of at least 4 members (excludes halogenated alkanes) is 2. The van der Waals surface area contributed by atoms with Crippen molar-refractivity contribution >= 4 is 23.7 Å². The molecule has 3 amide bonds. The van der Waals surface area contributed by atoms with Gasteiger partial charge in [0.1, 0.15) is 0 Å². The number of carbonyl (C=O) groups is 2. The van der Waals surface area contributed by atoms with E-state index in [1.807, 2.05) is 11.8 Å². The van der Waals surface area contributed by atoms with Gasteiger partial charge in [0.15, 0.2) is 0 Å². The smallest absolute Gasteiger partial charge is 0.315 e. The van der Waals surface area contributed by atoms with Gasteiger partial charge in [-0.15, -0.1) is 0 Å². The van der Waals surface area contributed by atoms with Crippen LogP contribution < -0.4 is 16.0 Å². The maximum absolute atomic E-state index is 11.3. The molecule has 0 bridgehead atoms. The highest BCUT2D eigenvalue weighted by Gasteiger charge is 2.42. The summed E-state index contributed by atoms with van der Waals surface area (Å²) in [5, 5.41) is 9.33. The Bertz CT molecular complexity index is 400. The highest BCUT2D eigenvalue weighted by molar-refractivity contribution is 8.00. The van der Waals surface area contributed by atoms with Crippen LogP contribution >= 0.6 is 11.8 Å². The molecule has 2 aliphatic rings. The molecule has 0 unspecified atom stereocenters. The lowest BCUT2D eigenvalue weighted by Gasteiger charge is -2.16. The van der Waals surface area contributed by atoms with E-state index in [1.165, 1.54) is 0 Å². The molecular weight excluding hydrogens is 274 g/mol. The van der Waals surface area contributed by atoms with Gasteiger partial charge in [0.25, 0.3) is 0 Å². The van der Waals surface area contributed by atoms with Crippen LogP contribution in [0.5, 0.6) is 0 Å². The van der Waals surface area contributed by atoms with Crippen LogP contribution in [0, 0.1) is 0 Å². The van der Waals surface area contributed by atoms with Crippen LogP contribution in [0.3, 0.4) is 0 Å². The van der Waals surface area contributed by atoms with Crippen molar-refractivity contribution in [2.75, 3.05) is 12.3 Å². The van der Waals surface area contributed by atoms with Gasteiger partial charge in [0, 0.05) is 23.1 Å². The van der Waals surface area contributed by atoms with Gasteiger partial charge in [-0.05, 0) is 19.8 Å². The summed E-state index contributed by atoms with van der Waals surface area (Å²) in [6.45, 7) is 6.04. The van der Waals surface area contributed by atoms with E-state index in [9.17, 15) is 9.59 Å². The molecule has 2 heterocycles. The second kappa shape index (κ2) is 7.02. The first-order valence-corrected chi connectivity index (χ1v) is 8.25. The van der Waals surface area contributed by atoms with Gasteiger partial charge in [-0.3, -0.25) is 4.79 Å². The SMILES string of the molecule is C=C(C)C(=O)NCCCCC[C@@H]1SC[C@@H]2NC(=O)N[C@@H]21. The van der Waals surface area contributed by atoms with Crippen LogP contribution in [0.15, 0.2) is 12.2 Å². The number of urea groups is 1. The predicted octanol–water partition coefficient (Wildman–Crippen LogP) is 1.40. The van der Waals surface area contributed by atoms with E-state index in [4.69, 9.17) is 0 Å². The predicted molar refractivity (Wildman–Crippen MR) is 81.8 cm³/mol. The molecule has 2 rings (SSSR count). The number of thioether (sulfide) groups is 1. The fraction of sp³-hybridized carbons (Fsp3) is 0.714. The molecule has 0 radical (unpaired) electrons. The Hall–Kier alpha value is -1.17. The number of fused-ring (bicyclic) bond motifs is 1. The van der Waals surface area contributed by atoms with E-state index in [2.05, 4.69) is 22.5 Å². The Labute approximate surface area is 124 Å². The molecule has 0 aromatic rings. The number of carbonyl (C=O) groups excluding carboxylic acids is 2. The minimum Gasteiger partial charge on any atom is -0.352 e. The summed E-state index contributed by atoms with van der Waals surface area (Å²) in [7, 11) is 0. The number of hydrogen-bond acceptors (Lipinski definition) is 3. The van der Waals surface area contributed by atoms with Gasteiger partial charge >= 0.3 is 6.03 Å². The summed E-state index contributed by atoms with van der Waals surface area (Å²) < 4.78 is 0. The normalized spacial score (nSPS) is 27.6.